The Kier molecular flexibility index (Phi) is 5.95. The van der Waals surface area contributed by atoms with Gasteiger partial charge in [0.25, 0.3) is 0 Å². The molecule has 0 saturated carbocycles. The van der Waals surface area contributed by atoms with E-state index in [9.17, 15) is 13.2 Å². The van der Waals surface area contributed by atoms with Crippen LogP contribution in [0.3, 0.4) is 0 Å². The largest absolute Gasteiger partial charge is 0.493 e. The van der Waals surface area contributed by atoms with E-state index >= 15 is 0 Å². The first-order chi connectivity index (χ1) is 8.38. The average molecular weight is 327 g/mol. The fraction of sp³-hybridized carbons (Fsp3) is 0.500. The van der Waals surface area contributed by atoms with Gasteiger partial charge in [-0.3, -0.25) is 0 Å². The van der Waals surface area contributed by atoms with Crippen molar-refractivity contribution in [2.75, 3.05) is 19.8 Å². The number of aryl methyl sites for hydroxylation is 1. The molecule has 0 aromatic heterocycles. The maximum Gasteiger partial charge on any atom is 0.411 e. The molecule has 1 rings (SSSR count). The van der Waals surface area contributed by atoms with E-state index in [-0.39, 0.29) is 6.61 Å². The Balaban J connectivity index is 2.18. The molecule has 18 heavy (non-hydrogen) atoms. The van der Waals surface area contributed by atoms with Crippen LogP contribution in [-0.4, -0.2) is 26.0 Å². The van der Waals surface area contributed by atoms with Crippen molar-refractivity contribution in [3.8, 4) is 5.75 Å². The lowest BCUT2D eigenvalue weighted by atomic mass is 10.2. The van der Waals surface area contributed by atoms with Gasteiger partial charge in [-0.05, 0) is 30.7 Å². The van der Waals surface area contributed by atoms with Gasteiger partial charge in [-0.1, -0.05) is 15.9 Å². The lowest BCUT2D eigenvalue weighted by molar-refractivity contribution is -0.174. The van der Waals surface area contributed by atoms with Gasteiger partial charge in [0.1, 0.15) is 12.4 Å². The predicted molar refractivity (Wildman–Crippen MR) is 65.9 cm³/mol. The summed E-state index contributed by atoms with van der Waals surface area (Å²) >= 11 is 3.34. The lowest BCUT2D eigenvalue weighted by Crippen LogP contribution is -2.18. The molecule has 1 aromatic carbocycles. The maximum absolute atomic E-state index is 11.8. The number of benzene rings is 1. The summed E-state index contributed by atoms with van der Waals surface area (Å²) in [5.41, 5.74) is 0.973. The molecule has 0 aliphatic rings. The van der Waals surface area contributed by atoms with E-state index in [2.05, 4.69) is 20.7 Å². The zero-order valence-corrected chi connectivity index (χ0v) is 11.5. The highest BCUT2D eigenvalue weighted by atomic mass is 79.9. The van der Waals surface area contributed by atoms with Gasteiger partial charge in [-0.2, -0.15) is 13.2 Å². The minimum Gasteiger partial charge on any atom is -0.493 e. The Morgan fingerprint density at radius 2 is 1.94 bits per heavy atom. The molecular formula is C12H14BrF3O2. The third-order valence-corrected chi connectivity index (χ3v) is 2.59. The molecule has 0 fully saturated rings. The summed E-state index contributed by atoms with van der Waals surface area (Å²) in [6, 6.07) is 5.58. The van der Waals surface area contributed by atoms with Crippen LogP contribution in [0.1, 0.15) is 12.0 Å². The molecule has 0 heterocycles. The van der Waals surface area contributed by atoms with Gasteiger partial charge in [0.15, 0.2) is 0 Å². The van der Waals surface area contributed by atoms with Crippen LogP contribution in [0.5, 0.6) is 5.75 Å². The second kappa shape index (κ2) is 6.99. The predicted octanol–water partition coefficient (Wildman–Crippen LogP) is 4.11. The summed E-state index contributed by atoms with van der Waals surface area (Å²) in [5.74, 6) is 0.731. The molecule has 0 spiro atoms. The average Bonchev–Trinajstić information content (AvgIpc) is 2.24. The molecule has 0 saturated heterocycles. The maximum atomic E-state index is 11.8. The highest BCUT2D eigenvalue weighted by molar-refractivity contribution is 9.10. The quantitative estimate of drug-likeness (QED) is 0.732. The van der Waals surface area contributed by atoms with E-state index in [0.717, 1.165) is 15.8 Å². The molecule has 0 aliphatic carbocycles. The molecule has 0 unspecified atom stereocenters. The van der Waals surface area contributed by atoms with Gasteiger partial charge < -0.3 is 9.47 Å². The van der Waals surface area contributed by atoms with Gasteiger partial charge in [0, 0.05) is 10.9 Å². The van der Waals surface area contributed by atoms with Crippen molar-refractivity contribution in [2.24, 2.45) is 0 Å². The van der Waals surface area contributed by atoms with Crippen molar-refractivity contribution in [3.05, 3.63) is 28.2 Å². The van der Waals surface area contributed by atoms with Crippen LogP contribution in [0, 0.1) is 6.92 Å². The van der Waals surface area contributed by atoms with Crippen LogP contribution in [0.15, 0.2) is 22.7 Å². The zero-order chi connectivity index (χ0) is 13.6. The van der Waals surface area contributed by atoms with E-state index in [0.29, 0.717) is 13.0 Å². The van der Waals surface area contributed by atoms with Crippen LogP contribution in [0.2, 0.25) is 0 Å². The third kappa shape index (κ3) is 6.26. The SMILES string of the molecule is Cc1cc(Br)ccc1OCCCOCC(F)(F)F. The number of hydrogen-bond donors (Lipinski definition) is 0. The Bertz CT molecular complexity index is 380. The monoisotopic (exact) mass is 326 g/mol. The first-order valence-electron chi connectivity index (χ1n) is 5.42. The molecule has 0 aliphatic heterocycles. The molecule has 0 N–H and O–H groups in total. The number of alkyl halides is 3. The van der Waals surface area contributed by atoms with Crippen molar-refractivity contribution < 1.29 is 22.6 Å². The molecule has 1 aromatic rings. The second-order valence-electron chi connectivity index (χ2n) is 3.78. The molecule has 0 amide bonds. The zero-order valence-electron chi connectivity index (χ0n) is 9.89. The van der Waals surface area contributed by atoms with Crippen molar-refractivity contribution >= 4 is 15.9 Å². The van der Waals surface area contributed by atoms with E-state index in [4.69, 9.17) is 4.74 Å². The number of halogens is 4. The van der Waals surface area contributed by atoms with Gasteiger partial charge >= 0.3 is 6.18 Å². The summed E-state index contributed by atoms with van der Waals surface area (Å²) in [6.45, 7) is 1.07. The smallest absolute Gasteiger partial charge is 0.411 e. The number of hydrogen-bond acceptors (Lipinski definition) is 2. The van der Waals surface area contributed by atoms with Crippen LogP contribution in [-0.2, 0) is 4.74 Å². The summed E-state index contributed by atoms with van der Waals surface area (Å²) in [4.78, 5) is 0. The molecule has 6 heteroatoms. The molecule has 102 valence electrons. The van der Waals surface area contributed by atoms with Gasteiger partial charge in [0.2, 0.25) is 0 Å². The van der Waals surface area contributed by atoms with Crippen molar-refractivity contribution in [2.45, 2.75) is 19.5 Å². The first-order valence-corrected chi connectivity index (χ1v) is 6.21. The summed E-state index contributed by atoms with van der Waals surface area (Å²) in [5, 5.41) is 0. The van der Waals surface area contributed by atoms with Crippen LogP contribution >= 0.6 is 15.9 Å². The normalized spacial score (nSPS) is 11.6. The highest BCUT2D eigenvalue weighted by Crippen LogP contribution is 2.22. The number of rotatable bonds is 6. The van der Waals surface area contributed by atoms with Crippen LogP contribution in [0.25, 0.3) is 0 Å². The van der Waals surface area contributed by atoms with Crippen molar-refractivity contribution in [1.82, 2.24) is 0 Å². The Morgan fingerprint density at radius 1 is 1.22 bits per heavy atom. The van der Waals surface area contributed by atoms with Crippen LogP contribution in [0.4, 0.5) is 13.2 Å². The molecule has 0 atom stereocenters. The standard InChI is InChI=1S/C12H14BrF3O2/c1-9-7-10(13)3-4-11(9)18-6-2-5-17-8-12(14,15)16/h3-4,7H,2,5-6,8H2,1H3. The van der Waals surface area contributed by atoms with Gasteiger partial charge in [-0.15, -0.1) is 0 Å². The van der Waals surface area contributed by atoms with E-state index in [1.165, 1.54) is 0 Å². The first kappa shape index (κ1) is 15.3. The lowest BCUT2D eigenvalue weighted by Gasteiger charge is -2.10. The van der Waals surface area contributed by atoms with Crippen molar-refractivity contribution in [1.29, 1.82) is 0 Å². The van der Waals surface area contributed by atoms with Crippen molar-refractivity contribution in [3.63, 3.8) is 0 Å². The molecule has 2 nitrogen and oxygen atoms in total. The minimum atomic E-state index is -4.26. The Labute approximate surface area is 112 Å². The van der Waals surface area contributed by atoms with Crippen LogP contribution < -0.4 is 4.74 Å². The second-order valence-corrected chi connectivity index (χ2v) is 4.70. The highest BCUT2D eigenvalue weighted by Gasteiger charge is 2.27. The van der Waals surface area contributed by atoms with E-state index in [1.54, 1.807) is 0 Å². The van der Waals surface area contributed by atoms with Gasteiger partial charge in [0.05, 0.1) is 13.2 Å². The molecule has 0 radical (unpaired) electrons. The number of ether oxygens (including phenoxy) is 2. The van der Waals surface area contributed by atoms with E-state index in [1.807, 2.05) is 25.1 Å². The fourth-order valence-electron chi connectivity index (χ4n) is 1.31. The minimum absolute atomic E-state index is 0.0368. The van der Waals surface area contributed by atoms with E-state index < -0.39 is 12.8 Å². The summed E-state index contributed by atoms with van der Waals surface area (Å²) in [7, 11) is 0. The summed E-state index contributed by atoms with van der Waals surface area (Å²) in [6.07, 6.45) is -3.84. The fourth-order valence-corrected chi connectivity index (χ4v) is 1.78. The molecular weight excluding hydrogens is 313 g/mol. The topological polar surface area (TPSA) is 18.5 Å². The Morgan fingerprint density at radius 3 is 2.56 bits per heavy atom. The summed E-state index contributed by atoms with van der Waals surface area (Å²) < 4.78 is 46.2. The third-order valence-electron chi connectivity index (χ3n) is 2.09. The van der Waals surface area contributed by atoms with Gasteiger partial charge in [-0.25, -0.2) is 0 Å². The Hall–Kier alpha value is -0.750. The molecule has 0 bridgehead atoms.